The smallest absolute Gasteiger partial charge is 0.328 e. The van der Waals surface area contributed by atoms with Crippen LogP contribution in [0.25, 0.3) is 0 Å². The van der Waals surface area contributed by atoms with Gasteiger partial charge in [0.25, 0.3) is 0 Å². The molecule has 1 aromatic rings. The van der Waals surface area contributed by atoms with Crippen LogP contribution in [0.1, 0.15) is 6.42 Å². The minimum Gasteiger partial charge on any atom is -0.330 e. The summed E-state index contributed by atoms with van der Waals surface area (Å²) in [4.78, 5) is 23.3. The van der Waals surface area contributed by atoms with Crippen molar-refractivity contribution in [3.8, 4) is 0 Å². The third-order valence-electron chi connectivity index (χ3n) is 2.02. The number of urea groups is 1. The number of amides is 3. The van der Waals surface area contributed by atoms with Gasteiger partial charge in [0.05, 0.1) is 0 Å². The first-order valence-corrected chi connectivity index (χ1v) is 5.06. The lowest BCUT2D eigenvalue weighted by molar-refractivity contribution is -0.115. The summed E-state index contributed by atoms with van der Waals surface area (Å²) in [5.41, 5.74) is 5.97. The van der Waals surface area contributed by atoms with Crippen LogP contribution in [0.2, 0.25) is 0 Å². The lowest BCUT2D eigenvalue weighted by atomic mass is 10.3. The second-order valence-corrected chi connectivity index (χ2v) is 3.24. The first-order chi connectivity index (χ1) is 7.77. The Hall–Kier alpha value is -1.88. The number of benzene rings is 1. The summed E-state index contributed by atoms with van der Waals surface area (Å²) in [7, 11) is 0. The van der Waals surface area contributed by atoms with Crippen LogP contribution in [0.15, 0.2) is 30.3 Å². The number of hydrogen-bond donors (Lipinski definition) is 2. The second-order valence-electron chi connectivity index (χ2n) is 3.24. The van der Waals surface area contributed by atoms with E-state index >= 15 is 0 Å². The van der Waals surface area contributed by atoms with Gasteiger partial charge in [-0.15, -0.1) is 0 Å². The van der Waals surface area contributed by atoms with E-state index in [0.29, 0.717) is 31.6 Å². The van der Waals surface area contributed by atoms with Crippen LogP contribution in [-0.4, -0.2) is 30.4 Å². The molecule has 0 radical (unpaired) electrons. The van der Waals surface area contributed by atoms with Gasteiger partial charge in [-0.25, -0.2) is 4.79 Å². The van der Waals surface area contributed by atoms with Gasteiger partial charge in [-0.05, 0) is 25.1 Å². The largest absolute Gasteiger partial charge is 0.330 e. The van der Waals surface area contributed by atoms with Gasteiger partial charge in [0.1, 0.15) is 0 Å². The Balaban J connectivity index is 2.53. The molecule has 5 heteroatoms. The molecule has 3 N–H and O–H groups in total. The standard InChI is InChI=1S/C11H15N3O2/c12-7-4-8-14(9-15)11(16)13-10-5-2-1-3-6-10/h1-3,5-6,9H,4,7-8,12H2,(H,13,16). The highest BCUT2D eigenvalue weighted by molar-refractivity contribution is 5.95. The molecule has 0 heterocycles. The molecule has 0 bridgehead atoms. The number of nitrogens with one attached hydrogen (secondary N) is 1. The number of hydrogen-bond acceptors (Lipinski definition) is 3. The molecule has 0 aliphatic carbocycles. The monoisotopic (exact) mass is 221 g/mol. The minimum atomic E-state index is -0.436. The summed E-state index contributed by atoms with van der Waals surface area (Å²) in [5, 5.41) is 2.62. The van der Waals surface area contributed by atoms with Crippen LogP contribution in [-0.2, 0) is 4.79 Å². The molecule has 0 saturated carbocycles. The van der Waals surface area contributed by atoms with E-state index in [1.54, 1.807) is 24.3 Å². The van der Waals surface area contributed by atoms with Gasteiger partial charge < -0.3 is 11.1 Å². The van der Waals surface area contributed by atoms with E-state index in [1.807, 2.05) is 6.07 Å². The van der Waals surface area contributed by atoms with Crippen LogP contribution >= 0.6 is 0 Å². The highest BCUT2D eigenvalue weighted by Gasteiger charge is 2.11. The molecule has 0 spiro atoms. The van der Waals surface area contributed by atoms with Gasteiger partial charge in [0.15, 0.2) is 0 Å². The SMILES string of the molecule is NCCCN(C=O)C(=O)Nc1ccccc1. The molecule has 3 amide bonds. The van der Waals surface area contributed by atoms with Gasteiger partial charge in [-0.1, -0.05) is 18.2 Å². The van der Waals surface area contributed by atoms with Gasteiger partial charge in [0, 0.05) is 12.2 Å². The van der Waals surface area contributed by atoms with Crippen molar-refractivity contribution < 1.29 is 9.59 Å². The summed E-state index contributed by atoms with van der Waals surface area (Å²) < 4.78 is 0. The van der Waals surface area contributed by atoms with Gasteiger partial charge in [-0.2, -0.15) is 0 Å². The van der Waals surface area contributed by atoms with E-state index < -0.39 is 6.03 Å². The molecule has 1 aromatic carbocycles. The summed E-state index contributed by atoms with van der Waals surface area (Å²) in [6, 6.07) is 8.53. The number of nitrogens with two attached hydrogens (primary N) is 1. The van der Waals surface area contributed by atoms with Crippen LogP contribution in [0.3, 0.4) is 0 Å². The van der Waals surface area contributed by atoms with Crippen LogP contribution < -0.4 is 11.1 Å². The molecule has 86 valence electrons. The fourth-order valence-electron chi connectivity index (χ4n) is 1.18. The maximum atomic E-state index is 11.6. The maximum Gasteiger partial charge on any atom is 0.328 e. The fraction of sp³-hybridized carbons (Fsp3) is 0.273. The van der Waals surface area contributed by atoms with Crippen molar-refractivity contribution in [1.82, 2.24) is 4.90 Å². The van der Waals surface area contributed by atoms with Crippen molar-refractivity contribution in [3.63, 3.8) is 0 Å². The summed E-state index contributed by atoms with van der Waals surface area (Å²) in [5.74, 6) is 0. The molecule has 0 aliphatic rings. The van der Waals surface area contributed by atoms with E-state index in [1.165, 1.54) is 0 Å². The van der Waals surface area contributed by atoms with Gasteiger partial charge >= 0.3 is 6.03 Å². The third-order valence-corrected chi connectivity index (χ3v) is 2.02. The number of imide groups is 1. The lowest BCUT2D eigenvalue weighted by Gasteiger charge is -2.15. The highest BCUT2D eigenvalue weighted by Crippen LogP contribution is 2.05. The first kappa shape index (κ1) is 12.2. The molecular weight excluding hydrogens is 206 g/mol. The Kier molecular flexibility index (Phi) is 5.01. The molecule has 1 rings (SSSR count). The maximum absolute atomic E-state index is 11.6. The summed E-state index contributed by atoms with van der Waals surface area (Å²) in [6.07, 6.45) is 1.11. The van der Waals surface area contributed by atoms with Crippen molar-refractivity contribution in [2.75, 3.05) is 18.4 Å². The van der Waals surface area contributed by atoms with Crippen LogP contribution in [0, 0.1) is 0 Å². The van der Waals surface area contributed by atoms with Gasteiger partial charge in [0.2, 0.25) is 6.41 Å². The first-order valence-electron chi connectivity index (χ1n) is 5.06. The van der Waals surface area contributed by atoms with E-state index in [2.05, 4.69) is 5.32 Å². The van der Waals surface area contributed by atoms with Crippen molar-refractivity contribution in [1.29, 1.82) is 0 Å². The number of anilines is 1. The third kappa shape index (κ3) is 3.70. The zero-order valence-corrected chi connectivity index (χ0v) is 8.93. The Morgan fingerprint density at radius 2 is 2.06 bits per heavy atom. The Labute approximate surface area is 94.2 Å². The molecule has 16 heavy (non-hydrogen) atoms. The molecule has 5 nitrogen and oxygen atoms in total. The average molecular weight is 221 g/mol. The molecular formula is C11H15N3O2. The van der Waals surface area contributed by atoms with E-state index in [-0.39, 0.29) is 0 Å². The molecule has 0 fully saturated rings. The lowest BCUT2D eigenvalue weighted by Crippen LogP contribution is -2.35. The Morgan fingerprint density at radius 3 is 2.62 bits per heavy atom. The number of nitrogens with zero attached hydrogens (tertiary/aromatic N) is 1. The Bertz CT molecular complexity index is 340. The predicted molar refractivity (Wildman–Crippen MR) is 61.9 cm³/mol. The summed E-state index contributed by atoms with van der Waals surface area (Å²) >= 11 is 0. The topological polar surface area (TPSA) is 75.4 Å². The zero-order valence-electron chi connectivity index (χ0n) is 8.93. The van der Waals surface area contributed by atoms with E-state index in [4.69, 9.17) is 5.73 Å². The fourth-order valence-corrected chi connectivity index (χ4v) is 1.18. The number of para-hydroxylation sites is 1. The zero-order chi connectivity index (χ0) is 11.8. The van der Waals surface area contributed by atoms with E-state index in [9.17, 15) is 9.59 Å². The quantitative estimate of drug-likeness (QED) is 0.729. The van der Waals surface area contributed by atoms with Crippen LogP contribution in [0.4, 0.5) is 10.5 Å². The van der Waals surface area contributed by atoms with E-state index in [0.717, 1.165) is 4.90 Å². The molecule has 0 unspecified atom stereocenters. The van der Waals surface area contributed by atoms with Crippen molar-refractivity contribution >= 4 is 18.1 Å². The van der Waals surface area contributed by atoms with Crippen molar-refractivity contribution in [2.24, 2.45) is 5.73 Å². The van der Waals surface area contributed by atoms with Crippen LogP contribution in [0.5, 0.6) is 0 Å². The molecule has 0 aromatic heterocycles. The van der Waals surface area contributed by atoms with Gasteiger partial charge in [-0.3, -0.25) is 9.69 Å². The minimum absolute atomic E-state index is 0.332. The second kappa shape index (κ2) is 6.58. The molecule has 0 aliphatic heterocycles. The molecule has 0 atom stereocenters. The number of carbonyl (C=O) groups is 2. The summed E-state index contributed by atoms with van der Waals surface area (Å²) in [6.45, 7) is 0.779. The molecule has 0 saturated heterocycles. The number of rotatable bonds is 5. The van der Waals surface area contributed by atoms with Crippen molar-refractivity contribution in [2.45, 2.75) is 6.42 Å². The number of carbonyl (C=O) groups excluding carboxylic acids is 2. The predicted octanol–water partition coefficient (Wildman–Crippen LogP) is 1.03. The highest BCUT2D eigenvalue weighted by atomic mass is 16.2. The Morgan fingerprint density at radius 1 is 1.38 bits per heavy atom. The van der Waals surface area contributed by atoms with Crippen molar-refractivity contribution in [3.05, 3.63) is 30.3 Å². The normalized spacial score (nSPS) is 9.56. The average Bonchev–Trinajstić information content (AvgIpc) is 2.31.